The summed E-state index contributed by atoms with van der Waals surface area (Å²) in [5.74, 6) is 1.17. The second-order valence-electron chi connectivity index (χ2n) is 7.36. The molecular formula is C19H18Cl2N6O3S. The average Bonchev–Trinajstić information content (AvgIpc) is 3.46. The van der Waals surface area contributed by atoms with E-state index in [1.165, 1.54) is 35.3 Å². The summed E-state index contributed by atoms with van der Waals surface area (Å²) in [5, 5.41) is 7.87. The standard InChI is InChI=1S/C19H18Cl2N6O3S/c1-10(24-18(28)12-5-13(20)7-15(6-12)31(2,29)30)17-25-16(11-3-4-11)26-27(17)19-22-8-14(21)9-23-19/h5-11H,3-4H2,1-2H3,(H,24,28)/t10-/m0/s1. The molecule has 0 unspecified atom stereocenters. The van der Waals surface area contributed by atoms with Crippen molar-refractivity contribution in [3.8, 4) is 5.95 Å². The number of nitrogens with zero attached hydrogens (tertiary/aromatic N) is 5. The molecule has 0 bridgehead atoms. The number of carbonyl (C=O) groups is 1. The molecule has 1 fully saturated rings. The zero-order chi connectivity index (χ0) is 22.3. The molecule has 2 heterocycles. The first-order valence-electron chi connectivity index (χ1n) is 9.38. The summed E-state index contributed by atoms with van der Waals surface area (Å²) in [6, 6.07) is 3.41. The quantitative estimate of drug-likeness (QED) is 0.574. The van der Waals surface area contributed by atoms with Crippen LogP contribution >= 0.6 is 23.2 Å². The Hall–Kier alpha value is -2.56. The van der Waals surface area contributed by atoms with Crippen LogP contribution in [-0.2, 0) is 9.84 Å². The minimum Gasteiger partial charge on any atom is -0.342 e. The molecular weight excluding hydrogens is 463 g/mol. The molecule has 1 aliphatic rings. The van der Waals surface area contributed by atoms with Crippen molar-refractivity contribution in [3.05, 3.63) is 57.9 Å². The lowest BCUT2D eigenvalue weighted by molar-refractivity contribution is 0.0937. The van der Waals surface area contributed by atoms with E-state index < -0.39 is 21.8 Å². The number of benzene rings is 1. The Morgan fingerprint density at radius 2 is 1.84 bits per heavy atom. The maximum atomic E-state index is 12.8. The molecule has 1 N–H and O–H groups in total. The second-order valence-corrected chi connectivity index (χ2v) is 10.2. The van der Waals surface area contributed by atoms with E-state index in [1.807, 2.05) is 0 Å². The molecule has 1 saturated carbocycles. The highest BCUT2D eigenvalue weighted by Gasteiger charge is 2.31. The van der Waals surface area contributed by atoms with Gasteiger partial charge in [0.1, 0.15) is 0 Å². The Labute approximate surface area is 188 Å². The first-order valence-corrected chi connectivity index (χ1v) is 12.0. The van der Waals surface area contributed by atoms with Crippen LogP contribution in [0.1, 0.15) is 53.7 Å². The first kappa shape index (κ1) is 21.7. The van der Waals surface area contributed by atoms with Gasteiger partial charge in [0, 0.05) is 22.8 Å². The van der Waals surface area contributed by atoms with Gasteiger partial charge in [-0.3, -0.25) is 4.79 Å². The maximum absolute atomic E-state index is 12.8. The van der Waals surface area contributed by atoms with Crippen LogP contribution in [0.2, 0.25) is 10.0 Å². The number of hydrogen-bond acceptors (Lipinski definition) is 7. The van der Waals surface area contributed by atoms with E-state index >= 15 is 0 Å². The number of carbonyl (C=O) groups excluding carboxylic acids is 1. The number of amides is 1. The van der Waals surface area contributed by atoms with E-state index in [2.05, 4.69) is 25.4 Å². The Bertz CT molecular complexity index is 1260. The third-order valence-electron chi connectivity index (χ3n) is 4.68. The smallest absolute Gasteiger partial charge is 0.252 e. The minimum absolute atomic E-state index is 0.0356. The van der Waals surface area contributed by atoms with Crippen LogP contribution in [0.5, 0.6) is 0 Å². The molecule has 0 radical (unpaired) electrons. The molecule has 31 heavy (non-hydrogen) atoms. The number of halogens is 2. The molecule has 4 rings (SSSR count). The van der Waals surface area contributed by atoms with Crippen LogP contribution < -0.4 is 5.32 Å². The molecule has 9 nitrogen and oxygen atoms in total. The van der Waals surface area contributed by atoms with Gasteiger partial charge in [0.2, 0.25) is 0 Å². The molecule has 0 aliphatic heterocycles. The topological polar surface area (TPSA) is 120 Å². The van der Waals surface area contributed by atoms with E-state index in [0.717, 1.165) is 19.1 Å². The monoisotopic (exact) mass is 480 g/mol. The predicted molar refractivity (Wildman–Crippen MR) is 114 cm³/mol. The SMILES string of the molecule is C[C@H](NC(=O)c1cc(Cl)cc(S(C)(=O)=O)c1)c1nc(C2CC2)nn1-c1ncc(Cl)cn1. The van der Waals surface area contributed by atoms with Gasteiger partial charge in [-0.15, -0.1) is 5.10 Å². The summed E-state index contributed by atoms with van der Waals surface area (Å²) >= 11 is 11.9. The van der Waals surface area contributed by atoms with E-state index in [1.54, 1.807) is 6.92 Å². The Balaban J connectivity index is 1.64. The van der Waals surface area contributed by atoms with Crippen molar-refractivity contribution >= 4 is 38.9 Å². The fourth-order valence-corrected chi connectivity index (χ4v) is 4.03. The molecule has 2 aromatic heterocycles. The third-order valence-corrected chi connectivity index (χ3v) is 6.19. The van der Waals surface area contributed by atoms with Crippen molar-refractivity contribution in [1.29, 1.82) is 0 Å². The van der Waals surface area contributed by atoms with Crippen molar-refractivity contribution in [1.82, 2.24) is 30.0 Å². The van der Waals surface area contributed by atoms with Gasteiger partial charge in [-0.2, -0.15) is 4.68 Å². The number of rotatable bonds is 6. The minimum atomic E-state index is -3.53. The molecule has 3 aromatic rings. The van der Waals surface area contributed by atoms with Gasteiger partial charge in [0.25, 0.3) is 11.9 Å². The summed E-state index contributed by atoms with van der Waals surface area (Å²) in [6.07, 6.45) is 5.96. The van der Waals surface area contributed by atoms with E-state index in [9.17, 15) is 13.2 Å². The molecule has 1 atom stereocenters. The first-order chi connectivity index (χ1) is 14.6. The molecule has 0 saturated heterocycles. The number of nitrogens with one attached hydrogen (secondary N) is 1. The molecule has 162 valence electrons. The summed E-state index contributed by atoms with van der Waals surface area (Å²) in [6.45, 7) is 1.74. The zero-order valence-electron chi connectivity index (χ0n) is 16.6. The number of aromatic nitrogens is 5. The molecule has 0 spiro atoms. The zero-order valence-corrected chi connectivity index (χ0v) is 18.9. The average molecular weight is 481 g/mol. The van der Waals surface area contributed by atoms with Gasteiger partial charge in [-0.25, -0.2) is 23.4 Å². The van der Waals surface area contributed by atoms with Gasteiger partial charge in [0.05, 0.1) is 28.4 Å². The molecule has 1 amide bonds. The van der Waals surface area contributed by atoms with Crippen molar-refractivity contribution in [3.63, 3.8) is 0 Å². The van der Waals surface area contributed by atoms with Crippen molar-refractivity contribution in [2.45, 2.75) is 36.6 Å². The highest BCUT2D eigenvalue weighted by molar-refractivity contribution is 7.90. The Morgan fingerprint density at radius 3 is 2.45 bits per heavy atom. The van der Waals surface area contributed by atoms with Crippen molar-refractivity contribution < 1.29 is 13.2 Å². The highest BCUT2D eigenvalue weighted by Crippen LogP contribution is 2.38. The highest BCUT2D eigenvalue weighted by atomic mass is 35.5. The van der Waals surface area contributed by atoms with E-state index in [4.69, 9.17) is 23.2 Å². The fourth-order valence-electron chi connectivity index (χ4n) is 2.95. The van der Waals surface area contributed by atoms with Crippen LogP contribution in [-0.4, -0.2) is 45.3 Å². The van der Waals surface area contributed by atoms with Gasteiger partial charge >= 0.3 is 0 Å². The molecule has 1 aromatic carbocycles. The maximum Gasteiger partial charge on any atom is 0.252 e. The second kappa shape index (κ2) is 8.18. The lowest BCUT2D eigenvalue weighted by Gasteiger charge is -2.14. The van der Waals surface area contributed by atoms with Crippen LogP contribution in [0, 0.1) is 0 Å². The lowest BCUT2D eigenvalue weighted by atomic mass is 10.2. The number of sulfone groups is 1. The van der Waals surface area contributed by atoms with Gasteiger partial charge in [-0.05, 0) is 38.0 Å². The Morgan fingerprint density at radius 1 is 1.16 bits per heavy atom. The normalized spacial score (nSPS) is 15.0. The predicted octanol–water partition coefficient (Wildman–Crippen LogP) is 3.14. The summed E-state index contributed by atoms with van der Waals surface area (Å²) < 4.78 is 25.2. The van der Waals surface area contributed by atoms with Crippen LogP contribution in [0.4, 0.5) is 0 Å². The van der Waals surface area contributed by atoms with Gasteiger partial charge < -0.3 is 5.32 Å². The molecule has 12 heteroatoms. The fraction of sp³-hybridized carbons (Fsp3) is 0.316. The third kappa shape index (κ3) is 4.86. The molecule has 1 aliphatic carbocycles. The van der Waals surface area contributed by atoms with E-state index in [-0.39, 0.29) is 27.3 Å². The Kier molecular flexibility index (Phi) is 5.71. The van der Waals surface area contributed by atoms with Gasteiger partial charge in [-0.1, -0.05) is 23.2 Å². The van der Waals surface area contributed by atoms with Crippen LogP contribution in [0.3, 0.4) is 0 Å². The van der Waals surface area contributed by atoms with Crippen LogP contribution in [0.25, 0.3) is 5.95 Å². The summed E-state index contributed by atoms with van der Waals surface area (Å²) in [4.78, 5) is 25.8. The van der Waals surface area contributed by atoms with Crippen molar-refractivity contribution in [2.24, 2.45) is 0 Å². The van der Waals surface area contributed by atoms with E-state index in [0.29, 0.717) is 16.7 Å². The van der Waals surface area contributed by atoms with Crippen LogP contribution in [0.15, 0.2) is 35.5 Å². The lowest BCUT2D eigenvalue weighted by Crippen LogP contribution is -2.29. The van der Waals surface area contributed by atoms with Gasteiger partial charge in [0.15, 0.2) is 21.5 Å². The largest absolute Gasteiger partial charge is 0.342 e. The summed E-state index contributed by atoms with van der Waals surface area (Å²) in [5.41, 5.74) is 0.121. The number of hydrogen-bond donors (Lipinski definition) is 1. The van der Waals surface area contributed by atoms with Crippen molar-refractivity contribution in [2.75, 3.05) is 6.26 Å². The summed E-state index contributed by atoms with van der Waals surface area (Å²) in [7, 11) is -3.53.